The molecule has 0 radical (unpaired) electrons. The summed E-state index contributed by atoms with van der Waals surface area (Å²) in [5.41, 5.74) is 1.32. The van der Waals surface area contributed by atoms with Gasteiger partial charge in [-0.05, 0) is 87.3 Å². The van der Waals surface area contributed by atoms with Crippen LogP contribution in [0.4, 0.5) is 0 Å². The van der Waals surface area contributed by atoms with Crippen molar-refractivity contribution in [2.45, 2.75) is 64.6 Å². The first-order valence-electron chi connectivity index (χ1n) is 12.1. The van der Waals surface area contributed by atoms with Crippen molar-refractivity contribution >= 4 is 5.91 Å². The minimum absolute atomic E-state index is 0.114. The summed E-state index contributed by atoms with van der Waals surface area (Å²) >= 11 is 0. The van der Waals surface area contributed by atoms with Gasteiger partial charge in [-0.15, -0.1) is 0 Å². The average Bonchev–Trinajstić information content (AvgIpc) is 2.76. The summed E-state index contributed by atoms with van der Waals surface area (Å²) in [6.07, 6.45) is 6.58. The number of amides is 1. The van der Waals surface area contributed by atoms with Crippen molar-refractivity contribution in [3.8, 4) is 6.07 Å². The molecule has 5 fully saturated rings. The maximum Gasteiger partial charge on any atom is 0.228 e. The van der Waals surface area contributed by atoms with Gasteiger partial charge in [0.15, 0.2) is 0 Å². The van der Waals surface area contributed by atoms with Crippen molar-refractivity contribution in [2.75, 3.05) is 19.7 Å². The Morgan fingerprint density at radius 3 is 2.39 bits per heavy atom. The highest BCUT2D eigenvalue weighted by Crippen LogP contribution is 2.53. The second-order valence-electron chi connectivity index (χ2n) is 11.1. The topological polar surface area (TPSA) is 65.4 Å². The molecule has 1 aromatic rings. The van der Waals surface area contributed by atoms with Crippen molar-refractivity contribution in [2.24, 2.45) is 29.1 Å². The highest BCUT2D eigenvalue weighted by Gasteiger charge is 2.50. The Balaban J connectivity index is 1.21. The Morgan fingerprint density at radius 2 is 1.77 bits per heavy atom. The minimum Gasteiger partial charge on any atom is -0.374 e. The summed E-state index contributed by atoms with van der Waals surface area (Å²) in [5, 5.41) is 12.5. The lowest BCUT2D eigenvalue weighted by atomic mass is 9.54. The number of ether oxygens (including phenoxy) is 1. The van der Waals surface area contributed by atoms with Crippen molar-refractivity contribution in [1.29, 1.82) is 5.26 Å². The van der Waals surface area contributed by atoms with E-state index in [2.05, 4.69) is 16.3 Å². The lowest BCUT2D eigenvalue weighted by molar-refractivity contribution is -0.148. The largest absolute Gasteiger partial charge is 0.374 e. The third kappa shape index (κ3) is 4.13. The van der Waals surface area contributed by atoms with Gasteiger partial charge < -0.3 is 10.1 Å². The van der Waals surface area contributed by atoms with Crippen LogP contribution in [0.2, 0.25) is 0 Å². The van der Waals surface area contributed by atoms with E-state index in [1.54, 1.807) is 0 Å². The standard InChI is InChI=1S/C26H35N3O2/c1-26(2,25(30)28-24-21-10-19-9-20(12-21)13-22(24)11-19)23-16-29(7-8-31-23)15-18-5-3-17(14-27)4-6-18/h3-6,19-24H,7-13,15-16H2,1-2H3,(H,28,30). The van der Waals surface area contributed by atoms with E-state index < -0.39 is 5.41 Å². The summed E-state index contributed by atoms with van der Waals surface area (Å²) in [6, 6.07) is 10.3. The Labute approximate surface area is 186 Å². The molecule has 0 spiro atoms. The number of benzene rings is 1. The molecule has 1 heterocycles. The van der Waals surface area contributed by atoms with E-state index in [1.165, 1.54) is 37.7 Å². The fraction of sp³-hybridized carbons (Fsp3) is 0.692. The SMILES string of the molecule is CC(C)(C(=O)NC1C2CC3CC(C2)CC1C3)C1CN(Cc2ccc(C#N)cc2)CCO1. The summed E-state index contributed by atoms with van der Waals surface area (Å²) in [7, 11) is 0. The summed E-state index contributed by atoms with van der Waals surface area (Å²) in [6.45, 7) is 7.18. The van der Waals surface area contributed by atoms with Crippen molar-refractivity contribution in [1.82, 2.24) is 10.2 Å². The van der Waals surface area contributed by atoms with Crippen LogP contribution in [-0.4, -0.2) is 42.6 Å². The van der Waals surface area contributed by atoms with Gasteiger partial charge in [0.05, 0.1) is 29.8 Å². The predicted molar refractivity (Wildman–Crippen MR) is 119 cm³/mol. The van der Waals surface area contributed by atoms with Gasteiger partial charge in [0.2, 0.25) is 5.91 Å². The van der Waals surface area contributed by atoms with E-state index in [1.807, 2.05) is 38.1 Å². The van der Waals surface area contributed by atoms with E-state index in [4.69, 9.17) is 10.00 Å². The van der Waals surface area contributed by atoms with Crippen LogP contribution in [0.1, 0.15) is 57.1 Å². The quantitative estimate of drug-likeness (QED) is 0.787. The monoisotopic (exact) mass is 421 g/mol. The zero-order valence-corrected chi connectivity index (χ0v) is 18.8. The fourth-order valence-corrected chi connectivity index (χ4v) is 6.87. The fourth-order valence-electron chi connectivity index (χ4n) is 6.87. The highest BCUT2D eigenvalue weighted by atomic mass is 16.5. The Hall–Kier alpha value is -1.90. The van der Waals surface area contributed by atoms with Crippen molar-refractivity contribution in [3.63, 3.8) is 0 Å². The molecule has 1 unspecified atom stereocenters. The van der Waals surface area contributed by atoms with Crippen LogP contribution in [0.25, 0.3) is 0 Å². The normalized spacial score (nSPS) is 35.0. The minimum atomic E-state index is -0.558. The molecule has 1 aromatic carbocycles. The predicted octanol–water partition coefficient (Wildman–Crippen LogP) is 3.73. The zero-order chi connectivity index (χ0) is 21.6. The van der Waals surface area contributed by atoms with Gasteiger partial charge in [-0.25, -0.2) is 0 Å². The molecule has 4 aliphatic carbocycles. The molecular weight excluding hydrogens is 386 g/mol. The van der Waals surface area contributed by atoms with Crippen molar-refractivity contribution in [3.05, 3.63) is 35.4 Å². The number of carbonyl (C=O) groups is 1. The molecule has 4 saturated carbocycles. The van der Waals surface area contributed by atoms with Crippen LogP contribution in [0.15, 0.2) is 24.3 Å². The van der Waals surface area contributed by atoms with Gasteiger partial charge in [-0.3, -0.25) is 9.69 Å². The first kappa shape index (κ1) is 21.0. The first-order chi connectivity index (χ1) is 14.9. The van der Waals surface area contributed by atoms with Crippen LogP contribution in [-0.2, 0) is 16.1 Å². The molecule has 6 rings (SSSR count). The highest BCUT2D eigenvalue weighted by molar-refractivity contribution is 5.83. The Morgan fingerprint density at radius 1 is 1.13 bits per heavy atom. The van der Waals surface area contributed by atoms with Crippen LogP contribution in [0.5, 0.6) is 0 Å². The zero-order valence-electron chi connectivity index (χ0n) is 18.8. The second kappa shape index (κ2) is 8.22. The Kier molecular flexibility index (Phi) is 5.56. The summed E-state index contributed by atoms with van der Waals surface area (Å²) in [5.74, 6) is 3.38. The van der Waals surface area contributed by atoms with E-state index in [0.29, 0.717) is 30.0 Å². The molecule has 5 aliphatic rings. The second-order valence-corrected chi connectivity index (χ2v) is 11.1. The number of nitrogens with zero attached hydrogens (tertiary/aromatic N) is 2. The molecule has 1 amide bonds. The number of nitriles is 1. The van der Waals surface area contributed by atoms with E-state index in [9.17, 15) is 4.79 Å². The third-order valence-electron chi connectivity index (χ3n) is 8.55. The maximum absolute atomic E-state index is 13.5. The average molecular weight is 422 g/mol. The number of carbonyl (C=O) groups excluding carboxylic acids is 1. The molecule has 4 bridgehead atoms. The smallest absolute Gasteiger partial charge is 0.228 e. The molecule has 1 atom stereocenters. The molecule has 5 heteroatoms. The summed E-state index contributed by atoms with van der Waals surface area (Å²) in [4.78, 5) is 15.8. The number of nitrogens with one attached hydrogen (secondary N) is 1. The van der Waals surface area contributed by atoms with Crippen molar-refractivity contribution < 1.29 is 9.53 Å². The van der Waals surface area contributed by atoms with E-state index in [-0.39, 0.29) is 12.0 Å². The molecule has 1 N–H and O–H groups in total. The Bertz CT molecular complexity index is 828. The lowest BCUT2D eigenvalue weighted by Crippen LogP contribution is -2.60. The van der Waals surface area contributed by atoms with E-state index >= 15 is 0 Å². The van der Waals surface area contributed by atoms with Gasteiger partial charge in [0, 0.05) is 25.7 Å². The van der Waals surface area contributed by atoms with Gasteiger partial charge in [-0.2, -0.15) is 5.26 Å². The molecule has 31 heavy (non-hydrogen) atoms. The number of hydrogen-bond donors (Lipinski definition) is 1. The molecule has 166 valence electrons. The van der Waals surface area contributed by atoms with Crippen LogP contribution >= 0.6 is 0 Å². The van der Waals surface area contributed by atoms with Crippen LogP contribution < -0.4 is 5.32 Å². The molecule has 1 aliphatic heterocycles. The van der Waals surface area contributed by atoms with Crippen LogP contribution in [0.3, 0.4) is 0 Å². The lowest BCUT2D eigenvalue weighted by Gasteiger charge is -2.55. The molecule has 1 saturated heterocycles. The third-order valence-corrected chi connectivity index (χ3v) is 8.55. The van der Waals surface area contributed by atoms with Gasteiger partial charge in [-0.1, -0.05) is 12.1 Å². The summed E-state index contributed by atoms with van der Waals surface area (Å²) < 4.78 is 6.13. The number of morpholine rings is 1. The maximum atomic E-state index is 13.5. The molecule has 5 nitrogen and oxygen atoms in total. The number of rotatable bonds is 5. The van der Waals surface area contributed by atoms with Gasteiger partial charge >= 0.3 is 0 Å². The van der Waals surface area contributed by atoms with Gasteiger partial charge in [0.1, 0.15) is 0 Å². The van der Waals surface area contributed by atoms with Crippen LogP contribution in [0, 0.1) is 40.4 Å². The first-order valence-corrected chi connectivity index (χ1v) is 12.1. The molecule has 0 aromatic heterocycles. The number of hydrogen-bond acceptors (Lipinski definition) is 4. The van der Waals surface area contributed by atoms with E-state index in [0.717, 1.165) is 31.5 Å². The van der Waals surface area contributed by atoms with Gasteiger partial charge in [0.25, 0.3) is 0 Å². The molecular formula is C26H35N3O2.